The summed E-state index contributed by atoms with van der Waals surface area (Å²) >= 11 is 4.77. The summed E-state index contributed by atoms with van der Waals surface area (Å²) in [6.07, 6.45) is 0.0844. The Bertz CT molecular complexity index is 533. The number of aliphatic hydroxyl groups is 1. The molecule has 2 aromatic carbocycles. The summed E-state index contributed by atoms with van der Waals surface area (Å²) in [5.74, 6) is 0.343. The number of hydrogen-bond donors (Lipinski definition) is 1. The minimum absolute atomic E-state index is 0.281. The van der Waals surface area contributed by atoms with E-state index in [1.54, 1.807) is 23.9 Å². The van der Waals surface area contributed by atoms with Gasteiger partial charge in [-0.15, -0.1) is 11.8 Å². The van der Waals surface area contributed by atoms with Crippen molar-refractivity contribution in [3.05, 3.63) is 64.4 Å². The molecule has 1 N–H and O–H groups in total. The summed E-state index contributed by atoms with van der Waals surface area (Å²) in [5.41, 5.74) is 0.925. The molecule has 0 amide bonds. The highest BCUT2D eigenvalue weighted by Crippen LogP contribution is 2.21. The van der Waals surface area contributed by atoms with Crippen LogP contribution in [0.2, 0.25) is 0 Å². The van der Waals surface area contributed by atoms with Crippen LogP contribution < -0.4 is 0 Å². The second kappa shape index (κ2) is 7.08. The van der Waals surface area contributed by atoms with Crippen LogP contribution in [0, 0.1) is 5.82 Å². The average molecular weight is 341 g/mol. The Labute approximate surface area is 125 Å². The fourth-order valence-electron chi connectivity index (χ4n) is 1.71. The quantitative estimate of drug-likeness (QED) is 0.819. The number of thioether (sulfide) groups is 1. The Balaban J connectivity index is 1.87. The van der Waals surface area contributed by atoms with Gasteiger partial charge in [-0.2, -0.15) is 0 Å². The van der Waals surface area contributed by atoms with Gasteiger partial charge in [0.1, 0.15) is 5.82 Å². The van der Waals surface area contributed by atoms with Gasteiger partial charge in [-0.3, -0.25) is 0 Å². The third-order valence-electron chi connectivity index (χ3n) is 2.64. The average Bonchev–Trinajstić information content (AvgIpc) is 2.42. The van der Waals surface area contributed by atoms with E-state index in [9.17, 15) is 9.50 Å². The topological polar surface area (TPSA) is 20.2 Å². The molecule has 0 aliphatic carbocycles. The van der Waals surface area contributed by atoms with Crippen molar-refractivity contribution in [1.29, 1.82) is 0 Å². The highest BCUT2D eigenvalue weighted by molar-refractivity contribution is 9.10. The molecular formula is C15H14BrFOS. The van der Waals surface area contributed by atoms with E-state index in [0.29, 0.717) is 16.6 Å². The molecule has 4 heteroatoms. The van der Waals surface area contributed by atoms with Crippen LogP contribution in [-0.4, -0.2) is 17.0 Å². The first-order valence-corrected chi connectivity index (χ1v) is 7.73. The first-order chi connectivity index (χ1) is 9.15. The van der Waals surface area contributed by atoms with E-state index in [-0.39, 0.29) is 5.82 Å². The molecule has 0 radical (unpaired) electrons. The van der Waals surface area contributed by atoms with Crippen molar-refractivity contribution in [2.45, 2.75) is 17.4 Å². The predicted molar refractivity (Wildman–Crippen MR) is 81.0 cm³/mol. The van der Waals surface area contributed by atoms with Crippen LogP contribution in [0.15, 0.2) is 57.9 Å². The lowest BCUT2D eigenvalue weighted by molar-refractivity contribution is 0.200. The molecule has 1 unspecified atom stereocenters. The second-order valence-corrected chi connectivity index (χ2v) is 6.18. The van der Waals surface area contributed by atoms with Gasteiger partial charge in [-0.05, 0) is 52.2 Å². The summed E-state index contributed by atoms with van der Waals surface area (Å²) < 4.78 is 13.5. The lowest BCUT2D eigenvalue weighted by Gasteiger charge is -2.10. The molecule has 1 nitrogen and oxygen atoms in total. The zero-order valence-corrected chi connectivity index (χ0v) is 12.6. The zero-order valence-electron chi connectivity index (χ0n) is 10.2. The molecular weight excluding hydrogens is 327 g/mol. The molecule has 0 aliphatic heterocycles. The Morgan fingerprint density at radius 1 is 1.16 bits per heavy atom. The number of rotatable bonds is 5. The molecule has 0 fully saturated rings. The van der Waals surface area contributed by atoms with E-state index in [2.05, 4.69) is 15.9 Å². The lowest BCUT2D eigenvalue weighted by atomic mass is 10.1. The summed E-state index contributed by atoms with van der Waals surface area (Å²) in [4.78, 5) is 1.14. The number of halogens is 2. The molecule has 0 heterocycles. The molecule has 19 heavy (non-hydrogen) atoms. The van der Waals surface area contributed by atoms with Gasteiger partial charge in [0.05, 0.1) is 10.6 Å². The fourth-order valence-corrected chi connectivity index (χ4v) is 2.99. The van der Waals surface area contributed by atoms with E-state index < -0.39 is 6.10 Å². The molecule has 0 saturated carbocycles. The van der Waals surface area contributed by atoms with Crippen molar-refractivity contribution in [3.8, 4) is 0 Å². The van der Waals surface area contributed by atoms with Crippen molar-refractivity contribution in [2.24, 2.45) is 0 Å². The largest absolute Gasteiger partial charge is 0.392 e. The summed E-state index contributed by atoms with van der Waals surface area (Å²) in [6.45, 7) is 0. The van der Waals surface area contributed by atoms with Crippen molar-refractivity contribution in [3.63, 3.8) is 0 Å². The highest BCUT2D eigenvalue weighted by atomic mass is 79.9. The van der Waals surface area contributed by atoms with E-state index in [1.165, 1.54) is 6.07 Å². The van der Waals surface area contributed by atoms with Gasteiger partial charge in [0, 0.05) is 10.6 Å². The Kier molecular flexibility index (Phi) is 5.43. The first kappa shape index (κ1) is 14.6. The van der Waals surface area contributed by atoms with Crippen molar-refractivity contribution < 1.29 is 9.50 Å². The van der Waals surface area contributed by atoms with Gasteiger partial charge in [-0.1, -0.05) is 24.3 Å². The van der Waals surface area contributed by atoms with Crippen LogP contribution in [0.25, 0.3) is 0 Å². The summed E-state index contributed by atoms with van der Waals surface area (Å²) in [6, 6.07) is 14.8. The maximum Gasteiger partial charge on any atom is 0.137 e. The minimum Gasteiger partial charge on any atom is -0.392 e. The van der Waals surface area contributed by atoms with Crippen molar-refractivity contribution in [2.75, 3.05) is 5.75 Å². The molecule has 0 saturated heterocycles. The molecule has 1 atom stereocenters. The Hall–Kier alpha value is -0.840. The molecule has 2 aromatic rings. The van der Waals surface area contributed by atoms with Crippen molar-refractivity contribution >= 4 is 27.7 Å². The lowest BCUT2D eigenvalue weighted by Crippen LogP contribution is -2.13. The number of hydrogen-bond acceptors (Lipinski definition) is 2. The Morgan fingerprint density at radius 3 is 2.58 bits per heavy atom. The monoisotopic (exact) mass is 340 g/mol. The van der Waals surface area contributed by atoms with Crippen LogP contribution in [-0.2, 0) is 6.42 Å². The normalized spacial score (nSPS) is 12.4. The fraction of sp³-hybridized carbons (Fsp3) is 0.200. The number of benzene rings is 2. The highest BCUT2D eigenvalue weighted by Gasteiger charge is 2.08. The van der Waals surface area contributed by atoms with Crippen LogP contribution in [0.5, 0.6) is 0 Å². The summed E-state index contributed by atoms with van der Waals surface area (Å²) in [7, 11) is 0. The molecule has 0 spiro atoms. The third-order valence-corrected chi connectivity index (χ3v) is 4.41. The summed E-state index contributed by atoms with van der Waals surface area (Å²) in [5, 5.41) is 9.99. The molecule has 0 aliphatic rings. The van der Waals surface area contributed by atoms with Gasteiger partial charge in [0.15, 0.2) is 0 Å². The molecule has 100 valence electrons. The van der Waals surface area contributed by atoms with E-state index >= 15 is 0 Å². The number of aliphatic hydroxyl groups excluding tert-OH is 1. The minimum atomic E-state index is -0.442. The van der Waals surface area contributed by atoms with E-state index in [4.69, 9.17) is 0 Å². The molecule has 0 aromatic heterocycles. The van der Waals surface area contributed by atoms with Crippen molar-refractivity contribution in [1.82, 2.24) is 0 Å². The Morgan fingerprint density at radius 2 is 1.89 bits per heavy atom. The third kappa shape index (κ3) is 4.64. The molecule has 0 bridgehead atoms. The van der Waals surface area contributed by atoms with Crippen LogP contribution in [0.3, 0.4) is 0 Å². The van der Waals surface area contributed by atoms with E-state index in [1.807, 2.05) is 30.3 Å². The van der Waals surface area contributed by atoms with Gasteiger partial charge < -0.3 is 5.11 Å². The molecule has 2 rings (SSSR count). The SMILES string of the molecule is OC(CSc1ccccc1)Cc1ccc(F)c(Br)c1. The standard InChI is InChI=1S/C15H14BrFOS/c16-14-9-11(6-7-15(14)17)8-12(18)10-19-13-4-2-1-3-5-13/h1-7,9,12,18H,8,10H2. The van der Waals surface area contributed by atoms with E-state index in [0.717, 1.165) is 10.5 Å². The van der Waals surface area contributed by atoms with Gasteiger partial charge in [0.25, 0.3) is 0 Å². The maximum absolute atomic E-state index is 13.1. The van der Waals surface area contributed by atoms with Gasteiger partial charge >= 0.3 is 0 Å². The first-order valence-electron chi connectivity index (χ1n) is 5.95. The van der Waals surface area contributed by atoms with Gasteiger partial charge in [0.2, 0.25) is 0 Å². The zero-order chi connectivity index (χ0) is 13.7. The smallest absolute Gasteiger partial charge is 0.137 e. The van der Waals surface area contributed by atoms with Gasteiger partial charge in [-0.25, -0.2) is 4.39 Å². The second-order valence-electron chi connectivity index (χ2n) is 4.23. The predicted octanol–water partition coefficient (Wildman–Crippen LogP) is 4.28. The van der Waals surface area contributed by atoms with Crippen LogP contribution >= 0.6 is 27.7 Å². The maximum atomic E-state index is 13.1. The van der Waals surface area contributed by atoms with Crippen LogP contribution in [0.4, 0.5) is 4.39 Å². The van der Waals surface area contributed by atoms with Crippen LogP contribution in [0.1, 0.15) is 5.56 Å².